The van der Waals surface area contributed by atoms with Gasteiger partial charge in [-0.25, -0.2) is 9.97 Å². The van der Waals surface area contributed by atoms with Gasteiger partial charge >= 0.3 is 0 Å². The van der Waals surface area contributed by atoms with Crippen LogP contribution in [0.5, 0.6) is 0 Å². The molecule has 2 aromatic carbocycles. The van der Waals surface area contributed by atoms with E-state index >= 15 is 0 Å². The van der Waals surface area contributed by atoms with Crippen LogP contribution in [0.3, 0.4) is 0 Å². The van der Waals surface area contributed by atoms with Gasteiger partial charge in [-0.05, 0) is 23.1 Å². The second-order valence-corrected chi connectivity index (χ2v) is 6.83. The number of nitrogens with zero attached hydrogens (tertiary/aromatic N) is 2. The molecule has 0 saturated heterocycles. The van der Waals surface area contributed by atoms with Gasteiger partial charge in [0.25, 0.3) is 0 Å². The molecule has 0 atom stereocenters. The first-order chi connectivity index (χ1) is 11.0. The second-order valence-electron chi connectivity index (χ2n) is 6.83. The molecule has 114 valence electrons. The van der Waals surface area contributed by atoms with E-state index in [1.165, 1.54) is 5.56 Å². The molecule has 0 N–H and O–H groups in total. The lowest BCUT2D eigenvalue weighted by molar-refractivity contribution is 0.587. The van der Waals surface area contributed by atoms with Crippen molar-refractivity contribution in [2.24, 2.45) is 0 Å². The number of aromatic nitrogens is 2. The van der Waals surface area contributed by atoms with Crippen molar-refractivity contribution in [3.8, 4) is 11.3 Å². The van der Waals surface area contributed by atoms with Crippen molar-refractivity contribution < 1.29 is 4.42 Å². The van der Waals surface area contributed by atoms with Gasteiger partial charge in [-0.1, -0.05) is 57.2 Å². The maximum Gasteiger partial charge on any atom is 0.180 e. The highest BCUT2D eigenvalue weighted by atomic mass is 16.3. The fourth-order valence-electron chi connectivity index (χ4n) is 2.84. The highest BCUT2D eigenvalue weighted by molar-refractivity contribution is 6.06. The van der Waals surface area contributed by atoms with Gasteiger partial charge in [-0.3, -0.25) is 0 Å². The highest BCUT2D eigenvalue weighted by Crippen LogP contribution is 2.35. The van der Waals surface area contributed by atoms with Gasteiger partial charge in [0, 0.05) is 10.9 Å². The Balaban J connectivity index is 2.01. The van der Waals surface area contributed by atoms with Gasteiger partial charge in [0.15, 0.2) is 5.58 Å². The van der Waals surface area contributed by atoms with Crippen molar-refractivity contribution >= 4 is 22.1 Å². The molecular formula is C20H18N2O. The molecular weight excluding hydrogens is 284 g/mol. The van der Waals surface area contributed by atoms with Crippen molar-refractivity contribution in [3.05, 3.63) is 60.4 Å². The molecule has 2 aromatic heterocycles. The largest absolute Gasteiger partial charge is 0.452 e. The topological polar surface area (TPSA) is 38.9 Å². The van der Waals surface area contributed by atoms with Crippen LogP contribution in [-0.4, -0.2) is 9.97 Å². The van der Waals surface area contributed by atoms with E-state index in [-0.39, 0.29) is 5.41 Å². The van der Waals surface area contributed by atoms with Gasteiger partial charge in [0.2, 0.25) is 0 Å². The monoisotopic (exact) mass is 302 g/mol. The zero-order chi connectivity index (χ0) is 16.0. The molecule has 0 aliphatic carbocycles. The molecule has 0 saturated carbocycles. The third-order valence-electron chi connectivity index (χ3n) is 4.17. The number of benzene rings is 2. The summed E-state index contributed by atoms with van der Waals surface area (Å²) in [5, 5.41) is 1.03. The van der Waals surface area contributed by atoms with E-state index in [1.807, 2.05) is 30.3 Å². The number of rotatable bonds is 1. The predicted molar refractivity (Wildman–Crippen MR) is 93.4 cm³/mol. The normalized spacial score (nSPS) is 12.1. The Labute approximate surface area is 135 Å². The summed E-state index contributed by atoms with van der Waals surface area (Å²) in [4.78, 5) is 8.88. The molecule has 0 spiro atoms. The standard InChI is InChI=1S/C20H18N2O/c1-20(2,3)14-9-10-15-16(11-14)23-19-17(21-12-22-18(15)19)13-7-5-4-6-8-13/h4-12H,1-3H3. The lowest BCUT2D eigenvalue weighted by atomic mass is 9.87. The average molecular weight is 302 g/mol. The first-order valence-corrected chi connectivity index (χ1v) is 7.77. The van der Waals surface area contributed by atoms with Crippen LogP contribution in [0.1, 0.15) is 26.3 Å². The smallest absolute Gasteiger partial charge is 0.180 e. The maximum absolute atomic E-state index is 6.15. The van der Waals surface area contributed by atoms with Crippen LogP contribution in [0.2, 0.25) is 0 Å². The molecule has 3 heteroatoms. The van der Waals surface area contributed by atoms with E-state index in [1.54, 1.807) is 6.33 Å². The predicted octanol–water partition coefficient (Wildman–Crippen LogP) is 5.34. The number of fused-ring (bicyclic) bond motifs is 3. The molecule has 0 aliphatic rings. The fourth-order valence-corrected chi connectivity index (χ4v) is 2.84. The number of hydrogen-bond acceptors (Lipinski definition) is 3. The highest BCUT2D eigenvalue weighted by Gasteiger charge is 2.18. The Morgan fingerprint density at radius 3 is 2.43 bits per heavy atom. The van der Waals surface area contributed by atoms with Gasteiger partial charge in [-0.2, -0.15) is 0 Å². The molecule has 0 unspecified atom stereocenters. The van der Waals surface area contributed by atoms with Crippen molar-refractivity contribution in [2.75, 3.05) is 0 Å². The minimum Gasteiger partial charge on any atom is -0.452 e. The summed E-state index contributed by atoms with van der Waals surface area (Å²) >= 11 is 0. The Morgan fingerprint density at radius 2 is 1.70 bits per heavy atom. The van der Waals surface area contributed by atoms with Crippen molar-refractivity contribution in [1.82, 2.24) is 9.97 Å². The zero-order valence-corrected chi connectivity index (χ0v) is 13.5. The summed E-state index contributed by atoms with van der Waals surface area (Å²) < 4.78 is 6.15. The van der Waals surface area contributed by atoms with Crippen LogP contribution < -0.4 is 0 Å². The minimum atomic E-state index is 0.0844. The third kappa shape index (κ3) is 2.29. The lowest BCUT2D eigenvalue weighted by Crippen LogP contribution is -2.10. The molecule has 0 aliphatic heterocycles. The average Bonchev–Trinajstić information content (AvgIpc) is 2.92. The van der Waals surface area contributed by atoms with E-state index in [4.69, 9.17) is 4.42 Å². The van der Waals surface area contributed by atoms with Crippen LogP contribution in [0.15, 0.2) is 59.3 Å². The molecule has 2 heterocycles. The van der Waals surface area contributed by atoms with Crippen LogP contribution in [0.4, 0.5) is 0 Å². The fraction of sp³-hybridized carbons (Fsp3) is 0.200. The van der Waals surface area contributed by atoms with E-state index < -0.39 is 0 Å². The summed E-state index contributed by atoms with van der Waals surface area (Å²) in [6.45, 7) is 6.60. The summed E-state index contributed by atoms with van der Waals surface area (Å²) in [6, 6.07) is 16.4. The number of furan rings is 1. The summed E-state index contributed by atoms with van der Waals surface area (Å²) in [7, 11) is 0. The number of hydrogen-bond donors (Lipinski definition) is 0. The van der Waals surface area contributed by atoms with Crippen LogP contribution in [0, 0.1) is 0 Å². The molecule has 0 bridgehead atoms. The van der Waals surface area contributed by atoms with Gasteiger partial charge < -0.3 is 4.42 Å². The Bertz CT molecular complexity index is 995. The first-order valence-electron chi connectivity index (χ1n) is 7.77. The minimum absolute atomic E-state index is 0.0844. The maximum atomic E-state index is 6.15. The van der Waals surface area contributed by atoms with E-state index in [9.17, 15) is 0 Å². The van der Waals surface area contributed by atoms with Crippen LogP contribution >= 0.6 is 0 Å². The molecule has 4 aromatic rings. The Morgan fingerprint density at radius 1 is 0.913 bits per heavy atom. The summed E-state index contributed by atoms with van der Waals surface area (Å²) in [6.07, 6.45) is 1.61. The van der Waals surface area contributed by atoms with Gasteiger partial charge in [0.05, 0.1) is 0 Å². The lowest BCUT2D eigenvalue weighted by Gasteiger charge is -2.18. The Kier molecular flexibility index (Phi) is 2.98. The van der Waals surface area contributed by atoms with Gasteiger partial charge in [-0.15, -0.1) is 0 Å². The SMILES string of the molecule is CC(C)(C)c1ccc2c(c1)oc1c(-c3ccccc3)ncnc12. The third-order valence-corrected chi connectivity index (χ3v) is 4.17. The quantitative estimate of drug-likeness (QED) is 0.476. The summed E-state index contributed by atoms with van der Waals surface area (Å²) in [5.41, 5.74) is 5.69. The summed E-state index contributed by atoms with van der Waals surface area (Å²) in [5.74, 6) is 0. The molecule has 0 fully saturated rings. The molecule has 23 heavy (non-hydrogen) atoms. The van der Waals surface area contributed by atoms with Crippen molar-refractivity contribution in [1.29, 1.82) is 0 Å². The van der Waals surface area contributed by atoms with Crippen LogP contribution in [0.25, 0.3) is 33.3 Å². The second kappa shape index (κ2) is 4.92. The van der Waals surface area contributed by atoms with Crippen molar-refractivity contribution in [3.63, 3.8) is 0 Å². The molecule has 0 amide bonds. The van der Waals surface area contributed by atoms with Crippen molar-refractivity contribution in [2.45, 2.75) is 26.2 Å². The van der Waals surface area contributed by atoms with E-state index in [2.05, 4.69) is 48.9 Å². The Hall–Kier alpha value is -2.68. The van der Waals surface area contributed by atoms with Gasteiger partial charge in [0.1, 0.15) is 23.1 Å². The van der Waals surface area contributed by atoms with E-state index in [0.717, 1.165) is 33.3 Å². The molecule has 0 radical (unpaired) electrons. The van der Waals surface area contributed by atoms with E-state index in [0.29, 0.717) is 0 Å². The molecule has 4 rings (SSSR count). The molecule has 3 nitrogen and oxygen atoms in total. The van der Waals surface area contributed by atoms with Crippen LogP contribution in [-0.2, 0) is 5.41 Å². The zero-order valence-electron chi connectivity index (χ0n) is 13.5. The first kappa shape index (κ1) is 13.9.